The van der Waals surface area contributed by atoms with Crippen molar-refractivity contribution in [1.29, 1.82) is 0 Å². The quantitative estimate of drug-likeness (QED) is 0.634. The summed E-state index contributed by atoms with van der Waals surface area (Å²) in [6.07, 6.45) is 5.65. The van der Waals surface area contributed by atoms with E-state index in [4.69, 9.17) is 5.73 Å². The van der Waals surface area contributed by atoms with Gasteiger partial charge in [-0.05, 0) is 6.08 Å². The van der Waals surface area contributed by atoms with Gasteiger partial charge in [-0.2, -0.15) is 4.98 Å². The number of nitrogens with two attached hydrogens (primary N) is 1. The van der Waals surface area contributed by atoms with Crippen LogP contribution in [0.3, 0.4) is 0 Å². The summed E-state index contributed by atoms with van der Waals surface area (Å²) in [5, 5.41) is 5.93. The van der Waals surface area contributed by atoms with E-state index in [1.807, 2.05) is 0 Å². The number of halogens is 1. The molecule has 2 aliphatic heterocycles. The van der Waals surface area contributed by atoms with Crippen LogP contribution in [0.2, 0.25) is 0 Å². The zero-order chi connectivity index (χ0) is 11.8. The van der Waals surface area contributed by atoms with Crippen LogP contribution in [0.4, 0.5) is 10.3 Å². The molecule has 0 aromatic carbocycles. The van der Waals surface area contributed by atoms with Gasteiger partial charge in [0, 0.05) is 23.5 Å². The first-order valence-electron chi connectivity index (χ1n) is 4.99. The third-order valence-electron chi connectivity index (χ3n) is 2.53. The summed E-state index contributed by atoms with van der Waals surface area (Å²) in [5.74, 6) is 0.225. The Bertz CT molecular complexity index is 562. The van der Waals surface area contributed by atoms with Gasteiger partial charge < -0.3 is 16.4 Å². The number of nitrogens with one attached hydrogen (secondary N) is 2. The predicted octanol–water partition coefficient (Wildman–Crippen LogP) is 0.0645. The van der Waals surface area contributed by atoms with E-state index in [0.29, 0.717) is 11.4 Å². The van der Waals surface area contributed by atoms with Crippen molar-refractivity contribution in [3.8, 4) is 0 Å². The summed E-state index contributed by atoms with van der Waals surface area (Å²) >= 11 is 0. The van der Waals surface area contributed by atoms with Crippen molar-refractivity contribution in [1.82, 2.24) is 25.6 Å². The Morgan fingerprint density at radius 1 is 1.24 bits per heavy atom. The summed E-state index contributed by atoms with van der Waals surface area (Å²) in [6, 6.07) is 0. The molecule has 86 valence electrons. The van der Waals surface area contributed by atoms with Crippen molar-refractivity contribution >= 4 is 11.5 Å². The minimum absolute atomic E-state index is 0.139. The third-order valence-corrected chi connectivity index (χ3v) is 2.53. The number of rotatable bonds is 1. The van der Waals surface area contributed by atoms with Crippen LogP contribution in [0.5, 0.6) is 0 Å². The lowest BCUT2D eigenvalue weighted by Gasteiger charge is -2.18. The minimum Gasteiger partial charge on any atom is -0.368 e. The molecular weight excluding hydrogens is 223 g/mol. The number of fused-ring (bicyclic) bond motifs is 1. The number of dihydropyridines is 1. The van der Waals surface area contributed by atoms with Crippen LogP contribution in [-0.4, -0.2) is 21.1 Å². The average molecular weight is 232 g/mol. The Morgan fingerprint density at radius 3 is 2.88 bits per heavy atom. The summed E-state index contributed by atoms with van der Waals surface area (Å²) in [7, 11) is 0. The van der Waals surface area contributed by atoms with E-state index < -0.39 is 0 Å². The van der Waals surface area contributed by atoms with Crippen molar-refractivity contribution < 1.29 is 4.39 Å². The van der Waals surface area contributed by atoms with Crippen molar-refractivity contribution in [2.45, 2.75) is 6.17 Å². The molecule has 0 bridgehead atoms. The molecule has 0 radical (unpaired) electrons. The van der Waals surface area contributed by atoms with Gasteiger partial charge in [-0.25, -0.2) is 14.4 Å². The molecule has 3 heterocycles. The highest BCUT2D eigenvalue weighted by Crippen LogP contribution is 2.29. The molecule has 6 nitrogen and oxygen atoms in total. The van der Waals surface area contributed by atoms with Gasteiger partial charge in [0.2, 0.25) is 5.95 Å². The number of anilines is 1. The minimum atomic E-state index is -0.340. The first-order chi connectivity index (χ1) is 8.24. The Hall–Kier alpha value is -2.44. The Morgan fingerprint density at radius 2 is 2.06 bits per heavy atom. The summed E-state index contributed by atoms with van der Waals surface area (Å²) in [6.45, 7) is 0. The first-order valence-corrected chi connectivity index (χ1v) is 4.99. The van der Waals surface area contributed by atoms with E-state index in [9.17, 15) is 4.39 Å². The van der Waals surface area contributed by atoms with Crippen LogP contribution in [0.1, 0.15) is 5.82 Å². The van der Waals surface area contributed by atoms with Gasteiger partial charge in [0.15, 0.2) is 5.82 Å². The molecule has 2 aliphatic rings. The summed E-state index contributed by atoms with van der Waals surface area (Å²) < 4.78 is 13.2. The van der Waals surface area contributed by atoms with Crippen molar-refractivity contribution in [3.05, 3.63) is 42.0 Å². The van der Waals surface area contributed by atoms with Crippen molar-refractivity contribution in [3.63, 3.8) is 0 Å². The van der Waals surface area contributed by atoms with Crippen LogP contribution in [-0.2, 0) is 0 Å². The molecule has 7 heteroatoms. The van der Waals surface area contributed by atoms with E-state index in [1.54, 1.807) is 6.20 Å². The van der Waals surface area contributed by atoms with Gasteiger partial charge in [0.05, 0.1) is 0 Å². The Kier molecular flexibility index (Phi) is 2.04. The van der Waals surface area contributed by atoms with Gasteiger partial charge in [-0.3, -0.25) is 0 Å². The first kappa shape index (κ1) is 9.76. The molecule has 1 aromatic rings. The molecule has 0 aliphatic carbocycles. The lowest BCUT2D eigenvalue weighted by molar-refractivity contribution is 0.581. The zero-order valence-corrected chi connectivity index (χ0v) is 8.68. The third kappa shape index (κ3) is 1.61. The molecule has 1 atom stereocenters. The van der Waals surface area contributed by atoms with Gasteiger partial charge in [-0.15, -0.1) is 0 Å². The fourth-order valence-corrected chi connectivity index (χ4v) is 1.78. The van der Waals surface area contributed by atoms with Crippen molar-refractivity contribution in [2.24, 2.45) is 0 Å². The smallest absolute Gasteiger partial charge is 0.223 e. The highest BCUT2D eigenvalue weighted by Gasteiger charge is 2.27. The number of aromatic nitrogens is 3. The molecule has 1 aromatic heterocycles. The largest absolute Gasteiger partial charge is 0.368 e. The molecule has 0 saturated carbocycles. The molecule has 0 spiro atoms. The van der Waals surface area contributed by atoms with Gasteiger partial charge in [0.25, 0.3) is 0 Å². The van der Waals surface area contributed by atoms with Gasteiger partial charge >= 0.3 is 0 Å². The maximum absolute atomic E-state index is 13.2. The summed E-state index contributed by atoms with van der Waals surface area (Å²) in [5.41, 5.74) is 6.95. The number of hydrogen-bond acceptors (Lipinski definition) is 6. The standard InChI is InChI=1S/C10H9FN6/c11-5-1-6-7(3-14-8(6)13-2-5)9-15-4-16-10(12)17-9/h1-4,8,13-14H,(H2,12,15,16,17). The lowest BCUT2D eigenvalue weighted by Crippen LogP contribution is -2.36. The lowest BCUT2D eigenvalue weighted by atomic mass is 10.0. The number of allylic oxidation sites excluding steroid dienone is 2. The molecule has 4 N–H and O–H groups in total. The molecule has 0 fully saturated rings. The molecule has 1 unspecified atom stereocenters. The molecule has 0 saturated heterocycles. The molecule has 0 amide bonds. The molecular formula is C10H9FN6. The Balaban J connectivity index is 2.02. The normalized spacial score (nSPS) is 21.7. The van der Waals surface area contributed by atoms with Gasteiger partial charge in [0.1, 0.15) is 18.3 Å². The topological polar surface area (TPSA) is 88.8 Å². The predicted molar refractivity (Wildman–Crippen MR) is 59.5 cm³/mol. The Labute approximate surface area is 96.2 Å². The second-order valence-corrected chi connectivity index (χ2v) is 3.62. The highest BCUT2D eigenvalue weighted by atomic mass is 19.1. The van der Waals surface area contributed by atoms with Gasteiger partial charge in [-0.1, -0.05) is 0 Å². The maximum Gasteiger partial charge on any atom is 0.223 e. The summed E-state index contributed by atoms with van der Waals surface area (Å²) in [4.78, 5) is 11.7. The second kappa shape index (κ2) is 3.55. The van der Waals surface area contributed by atoms with Crippen LogP contribution >= 0.6 is 0 Å². The monoisotopic (exact) mass is 232 g/mol. The van der Waals surface area contributed by atoms with E-state index in [2.05, 4.69) is 25.6 Å². The van der Waals surface area contributed by atoms with Crippen LogP contribution in [0.15, 0.2) is 36.2 Å². The van der Waals surface area contributed by atoms with Crippen LogP contribution in [0.25, 0.3) is 5.57 Å². The van der Waals surface area contributed by atoms with Crippen LogP contribution < -0.4 is 16.4 Å². The van der Waals surface area contributed by atoms with E-state index in [1.165, 1.54) is 18.6 Å². The maximum atomic E-state index is 13.2. The SMILES string of the molecule is Nc1ncnc(C2=CNC3NC=C(F)C=C23)n1. The van der Waals surface area contributed by atoms with Crippen LogP contribution in [0, 0.1) is 0 Å². The number of nitrogens with zero attached hydrogens (tertiary/aromatic N) is 3. The fraction of sp³-hybridized carbons (Fsp3) is 0.100. The van der Waals surface area contributed by atoms with Crippen molar-refractivity contribution in [2.75, 3.05) is 5.73 Å². The fourth-order valence-electron chi connectivity index (χ4n) is 1.78. The van der Waals surface area contributed by atoms with E-state index in [-0.39, 0.29) is 17.9 Å². The number of hydrogen-bond donors (Lipinski definition) is 3. The zero-order valence-electron chi connectivity index (χ0n) is 8.68. The average Bonchev–Trinajstić information content (AvgIpc) is 2.71. The van der Waals surface area contributed by atoms with E-state index >= 15 is 0 Å². The van der Waals surface area contributed by atoms with E-state index in [0.717, 1.165) is 5.57 Å². The second-order valence-electron chi connectivity index (χ2n) is 3.62. The molecule has 3 rings (SSSR count). The molecule has 17 heavy (non-hydrogen) atoms. The highest BCUT2D eigenvalue weighted by molar-refractivity contribution is 5.80. The number of nitrogen functional groups attached to an aromatic ring is 1.